The number of rotatable bonds is 8. The van der Waals surface area contributed by atoms with Gasteiger partial charge in [0.25, 0.3) is 0 Å². The van der Waals surface area contributed by atoms with Crippen molar-refractivity contribution >= 4 is 11.9 Å². The lowest BCUT2D eigenvalue weighted by Gasteiger charge is -2.43. The van der Waals surface area contributed by atoms with Gasteiger partial charge in [-0.05, 0) is 44.4 Å². The van der Waals surface area contributed by atoms with Crippen LogP contribution < -0.4 is 5.32 Å². The van der Waals surface area contributed by atoms with Crippen LogP contribution in [0.15, 0.2) is 0 Å². The fourth-order valence-electron chi connectivity index (χ4n) is 3.14. The van der Waals surface area contributed by atoms with Crippen molar-refractivity contribution in [2.75, 3.05) is 19.8 Å². The van der Waals surface area contributed by atoms with Crippen molar-refractivity contribution in [2.24, 2.45) is 17.3 Å². The quantitative estimate of drug-likeness (QED) is 0.666. The third-order valence-corrected chi connectivity index (χ3v) is 4.96. The first-order valence-electron chi connectivity index (χ1n) is 7.66. The van der Waals surface area contributed by atoms with Crippen LogP contribution in [0.25, 0.3) is 0 Å². The summed E-state index contributed by atoms with van der Waals surface area (Å²) >= 11 is 0. The van der Waals surface area contributed by atoms with Gasteiger partial charge < -0.3 is 15.2 Å². The molecule has 2 aliphatic rings. The van der Waals surface area contributed by atoms with Gasteiger partial charge in [0, 0.05) is 19.8 Å². The number of hydrogen-bond donors (Lipinski definition) is 2. The smallest absolute Gasteiger partial charge is 0.307 e. The van der Waals surface area contributed by atoms with E-state index in [-0.39, 0.29) is 17.2 Å². The van der Waals surface area contributed by atoms with E-state index in [4.69, 9.17) is 9.84 Å². The first-order chi connectivity index (χ1) is 9.58. The van der Waals surface area contributed by atoms with Gasteiger partial charge in [-0.2, -0.15) is 0 Å². The van der Waals surface area contributed by atoms with E-state index in [1.807, 2.05) is 6.92 Å². The van der Waals surface area contributed by atoms with Gasteiger partial charge in [0.05, 0.1) is 11.8 Å². The van der Waals surface area contributed by atoms with Crippen molar-refractivity contribution in [3.63, 3.8) is 0 Å². The number of ether oxygens (including phenoxy) is 1. The van der Waals surface area contributed by atoms with Crippen molar-refractivity contribution in [2.45, 2.75) is 45.4 Å². The number of carbonyl (C=O) groups excluding carboxylic acids is 1. The second-order valence-corrected chi connectivity index (χ2v) is 6.15. The molecule has 0 aliphatic heterocycles. The van der Waals surface area contributed by atoms with Crippen LogP contribution in [0.4, 0.5) is 0 Å². The molecule has 2 N–H and O–H groups in total. The number of carboxylic acid groups (broad SMARTS) is 1. The van der Waals surface area contributed by atoms with Crippen molar-refractivity contribution in [1.29, 1.82) is 0 Å². The average molecular weight is 283 g/mol. The molecular formula is C15H25NO4. The Hall–Kier alpha value is -1.10. The third kappa shape index (κ3) is 3.32. The monoisotopic (exact) mass is 283 g/mol. The molecule has 2 aliphatic carbocycles. The Kier molecular flexibility index (Phi) is 5.02. The first-order valence-corrected chi connectivity index (χ1v) is 7.66. The van der Waals surface area contributed by atoms with Crippen LogP contribution in [0.2, 0.25) is 0 Å². The highest BCUT2D eigenvalue weighted by Crippen LogP contribution is 2.43. The lowest BCUT2D eigenvalue weighted by molar-refractivity contribution is -0.153. The lowest BCUT2D eigenvalue weighted by atomic mass is 9.66. The van der Waals surface area contributed by atoms with E-state index in [1.165, 1.54) is 6.42 Å². The van der Waals surface area contributed by atoms with Gasteiger partial charge >= 0.3 is 5.97 Å². The second kappa shape index (κ2) is 6.57. The Balaban J connectivity index is 1.75. The number of amides is 1. The van der Waals surface area contributed by atoms with Gasteiger partial charge in [0.1, 0.15) is 0 Å². The fraction of sp³-hybridized carbons (Fsp3) is 0.867. The highest BCUT2D eigenvalue weighted by Gasteiger charge is 2.43. The molecule has 0 aromatic carbocycles. The maximum absolute atomic E-state index is 12.1. The Bertz CT molecular complexity index is 365. The van der Waals surface area contributed by atoms with Gasteiger partial charge in [-0.3, -0.25) is 9.59 Å². The van der Waals surface area contributed by atoms with E-state index in [0.717, 1.165) is 32.5 Å². The standard InChI is InChI=1S/C15H25NO4/c1-2-20-9-8-15(6-3-7-15)10-16-13(17)11-4-5-12(11)14(18)19/h11-12H,2-10H2,1H3,(H,16,17)(H,18,19). The Morgan fingerprint density at radius 1 is 1.30 bits per heavy atom. The third-order valence-electron chi connectivity index (χ3n) is 4.96. The van der Waals surface area contributed by atoms with E-state index in [9.17, 15) is 9.59 Å². The van der Waals surface area contributed by atoms with Gasteiger partial charge in [-0.1, -0.05) is 6.42 Å². The molecule has 0 heterocycles. The maximum Gasteiger partial charge on any atom is 0.307 e. The summed E-state index contributed by atoms with van der Waals surface area (Å²) in [4.78, 5) is 23.0. The maximum atomic E-state index is 12.1. The molecule has 2 rings (SSSR count). The predicted octanol–water partition coefficient (Wildman–Crippen LogP) is 1.81. The van der Waals surface area contributed by atoms with E-state index in [1.54, 1.807) is 0 Å². The molecule has 2 fully saturated rings. The fourth-order valence-corrected chi connectivity index (χ4v) is 3.14. The van der Waals surface area contributed by atoms with Gasteiger partial charge in [-0.15, -0.1) is 0 Å². The molecular weight excluding hydrogens is 258 g/mol. The Labute approximate surface area is 120 Å². The minimum atomic E-state index is -0.842. The van der Waals surface area contributed by atoms with Crippen molar-refractivity contribution in [3.8, 4) is 0 Å². The van der Waals surface area contributed by atoms with E-state index in [0.29, 0.717) is 19.4 Å². The summed E-state index contributed by atoms with van der Waals surface area (Å²) in [5, 5.41) is 12.0. The molecule has 0 saturated heterocycles. The molecule has 2 atom stereocenters. The zero-order chi connectivity index (χ0) is 14.6. The minimum absolute atomic E-state index is 0.0775. The summed E-state index contributed by atoms with van der Waals surface area (Å²) in [7, 11) is 0. The van der Waals surface area contributed by atoms with Crippen LogP contribution in [-0.4, -0.2) is 36.7 Å². The number of aliphatic carboxylic acids is 1. The SMILES string of the molecule is CCOCCC1(CNC(=O)C2CCC2C(=O)O)CCC1. The van der Waals surface area contributed by atoms with Gasteiger partial charge in [0.15, 0.2) is 0 Å². The first kappa shape index (κ1) is 15.3. The second-order valence-electron chi connectivity index (χ2n) is 6.15. The largest absolute Gasteiger partial charge is 0.481 e. The van der Waals surface area contributed by atoms with Crippen LogP contribution in [0, 0.1) is 17.3 Å². The van der Waals surface area contributed by atoms with Crippen LogP contribution in [0.5, 0.6) is 0 Å². The van der Waals surface area contributed by atoms with Crippen LogP contribution in [0.3, 0.4) is 0 Å². The zero-order valence-corrected chi connectivity index (χ0v) is 12.2. The highest BCUT2D eigenvalue weighted by molar-refractivity contribution is 5.86. The molecule has 2 unspecified atom stereocenters. The van der Waals surface area contributed by atoms with Crippen LogP contribution >= 0.6 is 0 Å². The van der Waals surface area contributed by atoms with Gasteiger partial charge in [0.2, 0.25) is 5.91 Å². The predicted molar refractivity (Wildman–Crippen MR) is 74.3 cm³/mol. The minimum Gasteiger partial charge on any atom is -0.481 e. The molecule has 0 spiro atoms. The lowest BCUT2D eigenvalue weighted by Crippen LogP contribution is -2.49. The topological polar surface area (TPSA) is 75.6 Å². The van der Waals surface area contributed by atoms with Crippen molar-refractivity contribution < 1.29 is 19.4 Å². The Morgan fingerprint density at radius 3 is 2.45 bits per heavy atom. The molecule has 0 radical (unpaired) electrons. The molecule has 0 aromatic heterocycles. The number of nitrogens with one attached hydrogen (secondary N) is 1. The summed E-state index contributed by atoms with van der Waals surface area (Å²) in [5.41, 5.74) is 0.188. The molecule has 5 nitrogen and oxygen atoms in total. The van der Waals surface area contributed by atoms with Crippen LogP contribution in [-0.2, 0) is 14.3 Å². The summed E-state index contributed by atoms with van der Waals surface area (Å²) in [6.07, 6.45) is 5.79. The Morgan fingerprint density at radius 2 is 2.00 bits per heavy atom. The summed E-state index contributed by atoms with van der Waals surface area (Å²) in [6, 6.07) is 0. The average Bonchev–Trinajstić information content (AvgIpc) is 2.29. The number of hydrogen-bond acceptors (Lipinski definition) is 3. The number of carboxylic acids is 1. The highest BCUT2D eigenvalue weighted by atomic mass is 16.5. The molecule has 0 bridgehead atoms. The zero-order valence-electron chi connectivity index (χ0n) is 12.2. The van der Waals surface area contributed by atoms with Crippen LogP contribution in [0.1, 0.15) is 45.4 Å². The van der Waals surface area contributed by atoms with E-state index >= 15 is 0 Å². The summed E-state index contributed by atoms with van der Waals surface area (Å²) in [5.74, 6) is -1.72. The van der Waals surface area contributed by atoms with E-state index < -0.39 is 11.9 Å². The normalized spacial score (nSPS) is 27.2. The molecule has 114 valence electrons. The van der Waals surface area contributed by atoms with E-state index in [2.05, 4.69) is 5.32 Å². The van der Waals surface area contributed by atoms with Gasteiger partial charge in [-0.25, -0.2) is 0 Å². The van der Waals surface area contributed by atoms with Crippen molar-refractivity contribution in [1.82, 2.24) is 5.32 Å². The molecule has 2 saturated carbocycles. The summed E-state index contributed by atoms with van der Waals surface area (Å²) in [6.45, 7) is 4.12. The van der Waals surface area contributed by atoms with Crippen molar-refractivity contribution in [3.05, 3.63) is 0 Å². The number of carbonyl (C=O) groups is 2. The molecule has 0 aromatic rings. The molecule has 1 amide bonds. The summed E-state index contributed by atoms with van der Waals surface area (Å²) < 4.78 is 5.41. The molecule has 5 heteroatoms. The molecule has 20 heavy (non-hydrogen) atoms.